The zero-order valence-corrected chi connectivity index (χ0v) is 26.9. The first kappa shape index (κ1) is 30.7. The summed E-state index contributed by atoms with van der Waals surface area (Å²) in [6.07, 6.45) is 0. The van der Waals surface area contributed by atoms with Crippen molar-refractivity contribution in [3.8, 4) is 22.8 Å². The summed E-state index contributed by atoms with van der Waals surface area (Å²) in [6.45, 7) is 2.31. The number of hydrogen-bond donors (Lipinski definition) is 0. The molecule has 0 radical (unpaired) electrons. The van der Waals surface area contributed by atoms with Crippen molar-refractivity contribution in [2.75, 3.05) is 6.61 Å². The molecule has 8 nitrogen and oxygen atoms in total. The largest absolute Gasteiger partial charge is 0.488 e. The number of carbonyl (C=O) groups is 1. The zero-order valence-electron chi connectivity index (χ0n) is 25.4. The van der Waals surface area contributed by atoms with E-state index in [0.29, 0.717) is 44.8 Å². The highest BCUT2D eigenvalue weighted by Crippen LogP contribution is 2.48. The van der Waals surface area contributed by atoms with Gasteiger partial charge in [0, 0.05) is 5.39 Å². The molecule has 1 aliphatic rings. The molecule has 0 unspecified atom stereocenters. The summed E-state index contributed by atoms with van der Waals surface area (Å²) in [6, 6.07) is 32.8. The zero-order chi connectivity index (χ0) is 32.5. The van der Waals surface area contributed by atoms with Crippen LogP contribution in [0.2, 0.25) is 5.02 Å². The third-order valence-electron chi connectivity index (χ3n) is 8.01. The molecule has 1 heterocycles. The SMILES string of the molecule is Cc1ccc(S(=O)(=O)OCCn2nc3c4c(c(Cl)ccc42)C(=O)c2c(OCc4ccccc4)ccc(OCc4ccccc4)c2-3)cc1. The fourth-order valence-electron chi connectivity index (χ4n) is 5.68. The Hall–Kier alpha value is -4.96. The van der Waals surface area contributed by atoms with Gasteiger partial charge in [0.25, 0.3) is 10.1 Å². The van der Waals surface area contributed by atoms with Crippen LogP contribution in [0.4, 0.5) is 0 Å². The van der Waals surface area contributed by atoms with Crippen molar-refractivity contribution in [1.29, 1.82) is 0 Å². The van der Waals surface area contributed by atoms with Crippen molar-refractivity contribution in [2.24, 2.45) is 0 Å². The average molecular weight is 665 g/mol. The van der Waals surface area contributed by atoms with E-state index >= 15 is 0 Å². The van der Waals surface area contributed by atoms with E-state index in [9.17, 15) is 13.2 Å². The number of ether oxygens (including phenoxy) is 2. The Morgan fingerprint density at radius 1 is 0.723 bits per heavy atom. The van der Waals surface area contributed by atoms with Crippen molar-refractivity contribution in [1.82, 2.24) is 9.78 Å². The number of hydrogen-bond acceptors (Lipinski definition) is 7. The molecule has 0 spiro atoms. The van der Waals surface area contributed by atoms with Crippen molar-refractivity contribution >= 4 is 38.4 Å². The number of fused-ring (bicyclic) bond motifs is 2. The third kappa shape index (κ3) is 6.01. The molecule has 0 bridgehead atoms. The van der Waals surface area contributed by atoms with Crippen molar-refractivity contribution in [3.63, 3.8) is 0 Å². The number of aryl methyl sites for hydroxylation is 1. The van der Waals surface area contributed by atoms with Crippen LogP contribution in [0.15, 0.2) is 114 Å². The Labute approximate surface area is 277 Å². The fourth-order valence-corrected chi connectivity index (χ4v) is 6.82. The van der Waals surface area contributed by atoms with Crippen LogP contribution in [0.3, 0.4) is 0 Å². The monoisotopic (exact) mass is 664 g/mol. The summed E-state index contributed by atoms with van der Waals surface area (Å²) in [4.78, 5) is 14.4. The predicted molar refractivity (Wildman–Crippen MR) is 179 cm³/mol. The molecule has 0 saturated heterocycles. The topological polar surface area (TPSA) is 96.7 Å². The molecule has 0 saturated carbocycles. The molecule has 1 aliphatic carbocycles. The second-order valence-corrected chi connectivity index (χ2v) is 13.2. The molecule has 7 rings (SSSR count). The summed E-state index contributed by atoms with van der Waals surface area (Å²) in [5, 5.41) is 5.74. The van der Waals surface area contributed by atoms with Gasteiger partial charge in [-0.15, -0.1) is 0 Å². The Kier molecular flexibility index (Phi) is 8.28. The van der Waals surface area contributed by atoms with E-state index in [2.05, 4.69) is 0 Å². The van der Waals surface area contributed by atoms with Gasteiger partial charge >= 0.3 is 0 Å². The molecule has 0 aliphatic heterocycles. The summed E-state index contributed by atoms with van der Waals surface area (Å²) >= 11 is 6.70. The van der Waals surface area contributed by atoms with Crippen LogP contribution in [0.5, 0.6) is 11.5 Å². The van der Waals surface area contributed by atoms with Crippen LogP contribution in [0.1, 0.15) is 32.6 Å². The standard InChI is InChI=1S/C37H29ClN2O6S/c1-24-12-14-27(15-13-24)47(42,43)46-21-20-40-29-17-16-28(38)32-33(29)36(39-40)34-30(44-22-25-8-4-2-5-9-25)18-19-31(35(34)37(32)41)45-23-26-10-6-3-7-11-26/h2-19H,20-23H2,1H3. The normalized spacial score (nSPS) is 12.3. The summed E-state index contributed by atoms with van der Waals surface area (Å²) in [5.74, 6) is 0.524. The highest BCUT2D eigenvalue weighted by Gasteiger charge is 2.36. The number of rotatable bonds is 11. The van der Waals surface area contributed by atoms with Gasteiger partial charge in [-0.25, -0.2) is 0 Å². The Morgan fingerprint density at radius 2 is 1.32 bits per heavy atom. The quantitative estimate of drug-likeness (QED) is 0.130. The molecule has 5 aromatic carbocycles. The minimum atomic E-state index is -3.99. The Balaban J connectivity index is 1.29. The maximum Gasteiger partial charge on any atom is 0.297 e. The van der Waals surface area contributed by atoms with Crippen molar-refractivity contribution in [3.05, 3.63) is 142 Å². The predicted octanol–water partition coefficient (Wildman–Crippen LogP) is 7.77. The lowest BCUT2D eigenvalue weighted by Gasteiger charge is -2.22. The van der Waals surface area contributed by atoms with Gasteiger partial charge in [0.05, 0.1) is 45.3 Å². The van der Waals surface area contributed by atoms with Gasteiger partial charge in [-0.1, -0.05) is 90.0 Å². The molecule has 0 fully saturated rings. The second-order valence-electron chi connectivity index (χ2n) is 11.2. The number of nitrogens with zero attached hydrogens (tertiary/aromatic N) is 2. The number of halogens is 1. The maximum atomic E-state index is 14.3. The van der Waals surface area contributed by atoms with Gasteiger partial charge in [0.2, 0.25) is 0 Å². The van der Waals surface area contributed by atoms with Crippen LogP contribution < -0.4 is 9.47 Å². The number of ketones is 1. The minimum Gasteiger partial charge on any atom is -0.488 e. The molecule has 0 N–H and O–H groups in total. The first-order valence-electron chi connectivity index (χ1n) is 15.0. The van der Waals surface area contributed by atoms with Gasteiger partial charge in [0.1, 0.15) is 30.4 Å². The smallest absolute Gasteiger partial charge is 0.297 e. The molecule has 47 heavy (non-hydrogen) atoms. The van der Waals surface area contributed by atoms with Crippen LogP contribution in [0, 0.1) is 6.92 Å². The Bertz CT molecular complexity index is 2220. The van der Waals surface area contributed by atoms with Crippen LogP contribution >= 0.6 is 11.6 Å². The van der Waals surface area contributed by atoms with Crippen molar-refractivity contribution < 1.29 is 26.9 Å². The highest BCUT2D eigenvalue weighted by atomic mass is 35.5. The maximum absolute atomic E-state index is 14.3. The lowest BCUT2D eigenvalue weighted by atomic mass is 9.86. The molecule has 6 aromatic rings. The van der Waals surface area contributed by atoms with E-state index in [1.165, 1.54) is 12.1 Å². The van der Waals surface area contributed by atoms with E-state index in [0.717, 1.165) is 16.7 Å². The molecule has 0 amide bonds. The lowest BCUT2D eigenvalue weighted by Crippen LogP contribution is -2.14. The minimum absolute atomic E-state index is 0.0730. The number of aromatic nitrogens is 2. The van der Waals surface area contributed by atoms with Gasteiger partial charge in [-0.2, -0.15) is 13.5 Å². The summed E-state index contributed by atoms with van der Waals surface area (Å²) in [7, 11) is -3.99. The van der Waals surface area contributed by atoms with Gasteiger partial charge in [0.15, 0.2) is 5.78 Å². The number of benzene rings is 5. The lowest BCUT2D eigenvalue weighted by molar-refractivity contribution is 0.103. The summed E-state index contributed by atoms with van der Waals surface area (Å²) < 4.78 is 45.3. The third-order valence-corrected chi connectivity index (χ3v) is 9.65. The van der Waals surface area contributed by atoms with E-state index in [1.807, 2.05) is 67.6 Å². The average Bonchev–Trinajstić information content (AvgIpc) is 3.45. The molecule has 0 atom stereocenters. The Morgan fingerprint density at radius 3 is 1.94 bits per heavy atom. The number of carbonyl (C=O) groups excluding carboxylic acids is 1. The molecule has 1 aromatic heterocycles. The van der Waals surface area contributed by atoms with Crippen LogP contribution in [-0.2, 0) is 34.1 Å². The van der Waals surface area contributed by atoms with Gasteiger partial charge in [-0.05, 0) is 54.4 Å². The summed E-state index contributed by atoms with van der Waals surface area (Å²) in [5.41, 5.74) is 5.03. The van der Waals surface area contributed by atoms with Gasteiger partial charge in [-0.3, -0.25) is 13.7 Å². The van der Waals surface area contributed by atoms with E-state index in [1.54, 1.807) is 41.1 Å². The fraction of sp³-hybridized carbons (Fsp3) is 0.135. The first-order chi connectivity index (χ1) is 22.8. The van der Waals surface area contributed by atoms with E-state index < -0.39 is 10.1 Å². The van der Waals surface area contributed by atoms with E-state index in [-0.39, 0.29) is 42.1 Å². The van der Waals surface area contributed by atoms with Crippen LogP contribution in [0.25, 0.3) is 22.2 Å². The van der Waals surface area contributed by atoms with Crippen molar-refractivity contribution in [2.45, 2.75) is 31.6 Å². The molecular formula is C37H29ClN2O6S. The van der Waals surface area contributed by atoms with E-state index in [4.69, 9.17) is 30.4 Å². The second kappa shape index (κ2) is 12.7. The first-order valence-corrected chi connectivity index (χ1v) is 16.8. The van der Waals surface area contributed by atoms with Crippen LogP contribution in [-0.4, -0.2) is 30.6 Å². The molecule has 10 heteroatoms. The molecule has 236 valence electrons. The van der Waals surface area contributed by atoms with Gasteiger partial charge < -0.3 is 9.47 Å². The highest BCUT2D eigenvalue weighted by molar-refractivity contribution is 7.86. The molecular weight excluding hydrogens is 636 g/mol.